The van der Waals surface area contributed by atoms with Gasteiger partial charge in [-0.15, -0.1) is 0 Å². The Morgan fingerprint density at radius 1 is 0.844 bits per heavy atom. The predicted molar refractivity (Wildman–Crippen MR) is 134 cm³/mol. The maximum Gasteiger partial charge on any atom is 0.224 e. The van der Waals surface area contributed by atoms with Crippen LogP contribution in [-0.4, -0.2) is 22.0 Å². The molecule has 0 saturated heterocycles. The van der Waals surface area contributed by atoms with Gasteiger partial charge in [-0.2, -0.15) is 0 Å². The molecule has 164 valence electrons. The van der Waals surface area contributed by atoms with Crippen LogP contribution in [0.3, 0.4) is 0 Å². The molecule has 0 unspecified atom stereocenters. The van der Waals surface area contributed by atoms with Gasteiger partial charge in [0.25, 0.3) is 0 Å². The maximum absolute atomic E-state index is 12.1. The Morgan fingerprint density at radius 2 is 1.59 bits per heavy atom. The van der Waals surface area contributed by atoms with Gasteiger partial charge in [0.2, 0.25) is 5.91 Å². The number of aryl methyl sites for hydroxylation is 1. The van der Waals surface area contributed by atoms with Crippen molar-refractivity contribution < 1.29 is 4.79 Å². The van der Waals surface area contributed by atoms with Gasteiger partial charge >= 0.3 is 0 Å². The SMILES string of the molecule is O=C(Cc1ccccc1)NCCCCCc1nc2ccccc2n1Cc1ccc(Br)cc1. The van der Waals surface area contributed by atoms with Crippen molar-refractivity contribution in [3.63, 3.8) is 0 Å². The fraction of sp³-hybridized carbons (Fsp3) is 0.259. The first-order valence-corrected chi connectivity index (χ1v) is 12.0. The smallest absolute Gasteiger partial charge is 0.224 e. The van der Waals surface area contributed by atoms with Crippen LogP contribution in [0.4, 0.5) is 0 Å². The van der Waals surface area contributed by atoms with Crippen LogP contribution in [0.5, 0.6) is 0 Å². The molecule has 1 aromatic heterocycles. The zero-order chi connectivity index (χ0) is 22.2. The largest absolute Gasteiger partial charge is 0.356 e. The number of hydrogen-bond acceptors (Lipinski definition) is 2. The second kappa shape index (κ2) is 11.1. The van der Waals surface area contributed by atoms with Gasteiger partial charge < -0.3 is 9.88 Å². The standard InChI is InChI=1S/C27H28BrN3O/c28-23-16-14-22(15-17-23)20-31-25-12-7-6-11-24(25)30-26(31)13-5-2-8-18-29-27(32)19-21-9-3-1-4-10-21/h1,3-4,6-7,9-12,14-17H,2,5,8,13,18-20H2,(H,29,32). The lowest BCUT2D eigenvalue weighted by Gasteiger charge is -2.10. The minimum atomic E-state index is 0.0903. The number of amides is 1. The first-order chi connectivity index (χ1) is 15.7. The van der Waals surface area contributed by atoms with Gasteiger partial charge in [0, 0.05) is 24.0 Å². The monoisotopic (exact) mass is 489 g/mol. The summed E-state index contributed by atoms with van der Waals surface area (Å²) in [7, 11) is 0. The van der Waals surface area contributed by atoms with E-state index in [1.54, 1.807) is 0 Å². The summed E-state index contributed by atoms with van der Waals surface area (Å²) in [5.41, 5.74) is 4.54. The van der Waals surface area contributed by atoms with Crippen LogP contribution in [0.25, 0.3) is 11.0 Å². The van der Waals surface area contributed by atoms with Gasteiger partial charge in [-0.3, -0.25) is 4.79 Å². The molecule has 5 heteroatoms. The highest BCUT2D eigenvalue weighted by Gasteiger charge is 2.11. The highest BCUT2D eigenvalue weighted by atomic mass is 79.9. The van der Waals surface area contributed by atoms with Crippen LogP contribution < -0.4 is 5.32 Å². The molecule has 4 nitrogen and oxygen atoms in total. The van der Waals surface area contributed by atoms with Crippen LogP contribution in [-0.2, 0) is 24.2 Å². The summed E-state index contributed by atoms with van der Waals surface area (Å²) in [6, 6.07) is 26.7. The molecule has 0 saturated carbocycles. The molecule has 0 atom stereocenters. The average Bonchev–Trinajstić information content (AvgIpc) is 3.15. The molecule has 4 rings (SSSR count). The number of halogens is 1. The molecule has 1 amide bonds. The van der Waals surface area contributed by atoms with Gasteiger partial charge in [-0.25, -0.2) is 4.98 Å². The number of imidazole rings is 1. The highest BCUT2D eigenvalue weighted by Crippen LogP contribution is 2.20. The number of para-hydroxylation sites is 2. The maximum atomic E-state index is 12.1. The summed E-state index contributed by atoms with van der Waals surface area (Å²) < 4.78 is 3.42. The summed E-state index contributed by atoms with van der Waals surface area (Å²) in [4.78, 5) is 17.0. The Balaban J connectivity index is 1.28. The van der Waals surface area contributed by atoms with Gasteiger partial charge in [0.15, 0.2) is 0 Å². The molecule has 0 radical (unpaired) electrons. The molecule has 0 aliphatic heterocycles. The third-order valence-electron chi connectivity index (χ3n) is 5.59. The third-order valence-corrected chi connectivity index (χ3v) is 6.12. The number of benzene rings is 3. The van der Waals surface area contributed by atoms with E-state index in [2.05, 4.69) is 68.3 Å². The quantitative estimate of drug-likeness (QED) is 0.281. The molecular formula is C27H28BrN3O. The van der Waals surface area contributed by atoms with Crippen LogP contribution in [0.2, 0.25) is 0 Å². The Bertz CT molecular complexity index is 1150. The first-order valence-electron chi connectivity index (χ1n) is 11.2. The third kappa shape index (κ3) is 6.07. The number of hydrogen-bond donors (Lipinski definition) is 1. The Morgan fingerprint density at radius 3 is 2.41 bits per heavy atom. The molecule has 0 spiro atoms. The lowest BCUT2D eigenvalue weighted by Crippen LogP contribution is -2.26. The molecule has 0 bridgehead atoms. The Labute approximate surface area is 197 Å². The van der Waals surface area contributed by atoms with E-state index in [0.717, 1.165) is 60.2 Å². The van der Waals surface area contributed by atoms with Crippen molar-refractivity contribution in [1.82, 2.24) is 14.9 Å². The van der Waals surface area contributed by atoms with Gasteiger partial charge in [0.1, 0.15) is 5.82 Å². The minimum Gasteiger partial charge on any atom is -0.356 e. The summed E-state index contributed by atoms with van der Waals surface area (Å²) in [6.07, 6.45) is 4.48. The van der Waals surface area contributed by atoms with Crippen LogP contribution in [0.15, 0.2) is 83.3 Å². The van der Waals surface area contributed by atoms with Gasteiger partial charge in [-0.1, -0.05) is 76.9 Å². The predicted octanol–water partition coefficient (Wildman–Crippen LogP) is 5.92. The van der Waals surface area contributed by atoms with Crippen molar-refractivity contribution in [2.75, 3.05) is 6.54 Å². The van der Waals surface area contributed by atoms with Crippen LogP contribution in [0.1, 0.15) is 36.2 Å². The number of unbranched alkanes of at least 4 members (excludes halogenated alkanes) is 2. The van der Waals surface area contributed by atoms with Crippen molar-refractivity contribution in [2.24, 2.45) is 0 Å². The lowest BCUT2D eigenvalue weighted by molar-refractivity contribution is -0.120. The van der Waals surface area contributed by atoms with E-state index >= 15 is 0 Å². The van der Waals surface area contributed by atoms with E-state index in [1.807, 2.05) is 36.4 Å². The van der Waals surface area contributed by atoms with Crippen molar-refractivity contribution in [3.05, 3.63) is 100 Å². The molecule has 0 aliphatic carbocycles. The summed E-state index contributed by atoms with van der Waals surface area (Å²) in [6.45, 7) is 1.54. The molecule has 0 fully saturated rings. The lowest BCUT2D eigenvalue weighted by atomic mass is 10.1. The number of nitrogens with one attached hydrogen (secondary N) is 1. The molecule has 1 heterocycles. The fourth-order valence-electron chi connectivity index (χ4n) is 3.92. The van der Waals surface area contributed by atoms with E-state index in [0.29, 0.717) is 6.42 Å². The second-order valence-electron chi connectivity index (χ2n) is 8.05. The number of aromatic nitrogens is 2. The molecule has 32 heavy (non-hydrogen) atoms. The van der Waals surface area contributed by atoms with E-state index in [-0.39, 0.29) is 5.91 Å². The summed E-state index contributed by atoms with van der Waals surface area (Å²) >= 11 is 3.51. The van der Waals surface area contributed by atoms with E-state index in [9.17, 15) is 4.79 Å². The topological polar surface area (TPSA) is 46.9 Å². The number of fused-ring (bicyclic) bond motifs is 1. The molecule has 4 aromatic rings. The minimum absolute atomic E-state index is 0.0903. The molecule has 1 N–H and O–H groups in total. The number of carbonyl (C=O) groups is 1. The van der Waals surface area contributed by atoms with Crippen molar-refractivity contribution >= 4 is 32.9 Å². The molecule has 3 aromatic carbocycles. The van der Waals surface area contributed by atoms with Crippen molar-refractivity contribution in [2.45, 2.75) is 38.6 Å². The molecular weight excluding hydrogens is 462 g/mol. The zero-order valence-electron chi connectivity index (χ0n) is 18.1. The van der Waals surface area contributed by atoms with E-state index in [1.165, 1.54) is 11.1 Å². The zero-order valence-corrected chi connectivity index (χ0v) is 19.7. The van der Waals surface area contributed by atoms with Crippen molar-refractivity contribution in [3.8, 4) is 0 Å². The summed E-state index contributed by atoms with van der Waals surface area (Å²) in [5.74, 6) is 1.22. The highest BCUT2D eigenvalue weighted by molar-refractivity contribution is 9.10. The number of carbonyl (C=O) groups excluding carboxylic acids is 1. The van der Waals surface area contributed by atoms with Gasteiger partial charge in [0.05, 0.1) is 17.5 Å². The number of nitrogens with zero attached hydrogens (tertiary/aromatic N) is 2. The molecule has 0 aliphatic rings. The summed E-state index contributed by atoms with van der Waals surface area (Å²) in [5, 5.41) is 3.04. The van der Waals surface area contributed by atoms with Crippen LogP contribution >= 0.6 is 15.9 Å². The van der Waals surface area contributed by atoms with Crippen molar-refractivity contribution in [1.29, 1.82) is 0 Å². The fourth-order valence-corrected chi connectivity index (χ4v) is 4.19. The van der Waals surface area contributed by atoms with E-state index in [4.69, 9.17) is 4.98 Å². The van der Waals surface area contributed by atoms with Gasteiger partial charge in [-0.05, 0) is 48.2 Å². The first kappa shape index (κ1) is 22.3. The van der Waals surface area contributed by atoms with E-state index < -0.39 is 0 Å². The Hall–Kier alpha value is -2.92. The second-order valence-corrected chi connectivity index (χ2v) is 8.97. The van der Waals surface area contributed by atoms with Crippen LogP contribution in [0, 0.1) is 0 Å². The number of rotatable bonds is 10. The average molecular weight is 490 g/mol. The Kier molecular flexibility index (Phi) is 7.73. The normalized spacial score (nSPS) is 11.0.